The highest BCUT2D eigenvalue weighted by atomic mass is 35.5. The molecule has 36 heavy (non-hydrogen) atoms. The van der Waals surface area contributed by atoms with Crippen molar-refractivity contribution in [2.24, 2.45) is 4.99 Å². The van der Waals surface area contributed by atoms with Crippen molar-refractivity contribution >= 4 is 18.2 Å². The van der Waals surface area contributed by atoms with E-state index in [9.17, 15) is 5.11 Å². The fraction of sp³-hybridized carbons (Fsp3) is 0.448. The standard InChI is InChI=1S/C29H37N3O3.ClH/c1-28(2,3)21-15-20(27(33)22(17-21)29(4,5)6)11-12-25-32-26(18-34-25)35-23-10-8-7-9-19(23)16-24-30-13-14-31-24;/h7-10,15,17-18,33H,11-14,16H2,1-6H3,(H,30,31);1H. The number of aromatic nitrogens is 1. The number of aliphatic imine (C=N–C) groups is 1. The Balaban J connectivity index is 0.00000361. The smallest absolute Gasteiger partial charge is 0.258 e. The number of ether oxygens (including phenoxy) is 1. The van der Waals surface area contributed by atoms with Gasteiger partial charge >= 0.3 is 0 Å². The summed E-state index contributed by atoms with van der Waals surface area (Å²) in [6.45, 7) is 14.7. The molecular weight excluding hydrogens is 474 g/mol. The molecule has 3 aromatic rings. The van der Waals surface area contributed by atoms with Gasteiger partial charge in [-0.1, -0.05) is 71.9 Å². The van der Waals surface area contributed by atoms with E-state index in [-0.39, 0.29) is 23.2 Å². The number of rotatable bonds is 7. The van der Waals surface area contributed by atoms with Crippen LogP contribution in [0.4, 0.5) is 0 Å². The maximum atomic E-state index is 11.0. The number of nitrogens with one attached hydrogen (secondary N) is 1. The number of halogens is 1. The van der Waals surface area contributed by atoms with E-state index in [4.69, 9.17) is 9.15 Å². The van der Waals surface area contributed by atoms with Gasteiger partial charge in [-0.3, -0.25) is 4.99 Å². The average Bonchev–Trinajstić information content (AvgIpc) is 3.45. The van der Waals surface area contributed by atoms with Gasteiger partial charge in [-0.05, 0) is 40.0 Å². The Morgan fingerprint density at radius 1 is 1.00 bits per heavy atom. The second kappa shape index (κ2) is 11.0. The predicted molar refractivity (Wildman–Crippen MR) is 147 cm³/mol. The summed E-state index contributed by atoms with van der Waals surface area (Å²) in [5, 5.41) is 14.4. The van der Waals surface area contributed by atoms with Crippen LogP contribution in [-0.4, -0.2) is 29.0 Å². The number of aryl methyl sites for hydroxylation is 2. The minimum atomic E-state index is -0.156. The highest BCUT2D eigenvalue weighted by Crippen LogP contribution is 2.38. The summed E-state index contributed by atoms with van der Waals surface area (Å²) in [5.41, 5.74) is 3.97. The summed E-state index contributed by atoms with van der Waals surface area (Å²) in [5.74, 6) is 3.10. The third-order valence-electron chi connectivity index (χ3n) is 6.29. The van der Waals surface area contributed by atoms with Crippen LogP contribution in [0.3, 0.4) is 0 Å². The first-order valence-electron chi connectivity index (χ1n) is 12.3. The van der Waals surface area contributed by atoms with Crippen LogP contribution in [0, 0.1) is 0 Å². The Morgan fingerprint density at radius 2 is 1.75 bits per heavy atom. The maximum absolute atomic E-state index is 11.0. The van der Waals surface area contributed by atoms with E-state index in [2.05, 4.69) is 69.0 Å². The number of para-hydroxylation sites is 1. The molecule has 0 bridgehead atoms. The quantitative estimate of drug-likeness (QED) is 0.377. The number of hydrogen-bond acceptors (Lipinski definition) is 6. The van der Waals surface area contributed by atoms with Gasteiger partial charge in [-0.2, -0.15) is 4.98 Å². The number of amidine groups is 1. The summed E-state index contributed by atoms with van der Waals surface area (Å²) >= 11 is 0. The molecule has 1 aromatic heterocycles. The molecule has 0 radical (unpaired) electrons. The lowest BCUT2D eigenvalue weighted by Gasteiger charge is -2.27. The first kappa shape index (κ1) is 27.6. The van der Waals surface area contributed by atoms with Crippen molar-refractivity contribution in [1.82, 2.24) is 10.3 Å². The fourth-order valence-corrected chi connectivity index (χ4v) is 4.20. The first-order chi connectivity index (χ1) is 16.5. The second-order valence-corrected chi connectivity index (χ2v) is 11.3. The SMILES string of the molecule is CC(C)(C)c1cc(CCc2nc(Oc3ccccc3CC3=NCCN3)co2)c(O)c(C(C)(C)C)c1.Cl. The van der Waals surface area contributed by atoms with E-state index >= 15 is 0 Å². The van der Waals surface area contributed by atoms with Gasteiger partial charge in [0.15, 0.2) is 12.2 Å². The van der Waals surface area contributed by atoms with Gasteiger partial charge in [0, 0.05) is 24.9 Å². The number of benzene rings is 2. The molecule has 0 amide bonds. The molecule has 1 aliphatic heterocycles. The van der Waals surface area contributed by atoms with E-state index < -0.39 is 0 Å². The normalized spacial score (nSPS) is 13.7. The van der Waals surface area contributed by atoms with E-state index in [1.54, 1.807) is 6.26 Å². The topological polar surface area (TPSA) is 79.9 Å². The third kappa shape index (κ3) is 6.61. The van der Waals surface area contributed by atoms with Gasteiger partial charge in [-0.25, -0.2) is 0 Å². The average molecular weight is 512 g/mol. The Kier molecular flexibility index (Phi) is 8.40. The van der Waals surface area contributed by atoms with Crippen molar-refractivity contribution in [2.75, 3.05) is 13.1 Å². The Hall–Kier alpha value is -2.99. The predicted octanol–water partition coefficient (Wildman–Crippen LogP) is 6.52. The van der Waals surface area contributed by atoms with Crippen LogP contribution >= 0.6 is 12.4 Å². The van der Waals surface area contributed by atoms with Crippen molar-refractivity contribution in [3.63, 3.8) is 0 Å². The Bertz CT molecular complexity index is 1220. The molecule has 4 rings (SSSR count). The molecule has 0 aliphatic carbocycles. The summed E-state index contributed by atoms with van der Waals surface area (Å²) in [7, 11) is 0. The zero-order valence-electron chi connectivity index (χ0n) is 22.1. The zero-order valence-corrected chi connectivity index (χ0v) is 23.0. The van der Waals surface area contributed by atoms with E-state index in [1.165, 1.54) is 5.56 Å². The monoisotopic (exact) mass is 511 g/mol. The molecule has 0 spiro atoms. The summed E-state index contributed by atoms with van der Waals surface area (Å²) < 4.78 is 11.8. The summed E-state index contributed by atoms with van der Waals surface area (Å²) in [6.07, 6.45) is 3.43. The minimum absolute atomic E-state index is 0. The first-order valence-corrected chi connectivity index (χ1v) is 12.3. The molecular formula is C29H38ClN3O3. The molecule has 2 heterocycles. The summed E-state index contributed by atoms with van der Waals surface area (Å²) in [4.78, 5) is 9.03. The molecule has 2 N–H and O–H groups in total. The number of oxazole rings is 1. The van der Waals surface area contributed by atoms with Crippen LogP contribution in [0.25, 0.3) is 0 Å². The molecule has 7 heteroatoms. The van der Waals surface area contributed by atoms with Crippen molar-refractivity contribution < 1.29 is 14.3 Å². The summed E-state index contributed by atoms with van der Waals surface area (Å²) in [6, 6.07) is 12.2. The Morgan fingerprint density at radius 3 is 2.42 bits per heavy atom. The van der Waals surface area contributed by atoms with Gasteiger partial charge < -0.3 is 19.6 Å². The Labute approximate surface area is 220 Å². The second-order valence-electron chi connectivity index (χ2n) is 11.3. The fourth-order valence-electron chi connectivity index (χ4n) is 4.20. The van der Waals surface area contributed by atoms with Crippen molar-refractivity contribution in [3.05, 3.63) is 70.8 Å². The third-order valence-corrected chi connectivity index (χ3v) is 6.29. The molecule has 0 saturated carbocycles. The van der Waals surface area contributed by atoms with Crippen LogP contribution < -0.4 is 10.1 Å². The van der Waals surface area contributed by atoms with E-state index in [0.717, 1.165) is 41.4 Å². The largest absolute Gasteiger partial charge is 0.507 e. The van der Waals surface area contributed by atoms with Crippen LogP contribution in [0.2, 0.25) is 0 Å². The van der Waals surface area contributed by atoms with Gasteiger partial charge in [0.05, 0.1) is 6.54 Å². The van der Waals surface area contributed by atoms with Crippen molar-refractivity contribution in [3.8, 4) is 17.4 Å². The number of nitrogens with zero attached hydrogens (tertiary/aromatic N) is 2. The van der Waals surface area contributed by atoms with Gasteiger partial charge in [-0.15, -0.1) is 12.4 Å². The van der Waals surface area contributed by atoms with E-state index in [0.29, 0.717) is 36.8 Å². The molecule has 1 aliphatic rings. The van der Waals surface area contributed by atoms with Crippen LogP contribution in [0.15, 0.2) is 52.1 Å². The van der Waals surface area contributed by atoms with Crippen molar-refractivity contribution in [2.45, 2.75) is 71.6 Å². The highest BCUT2D eigenvalue weighted by molar-refractivity contribution is 5.86. The molecule has 0 unspecified atom stereocenters. The lowest BCUT2D eigenvalue weighted by molar-refractivity contribution is 0.435. The molecule has 2 aromatic carbocycles. The molecule has 0 atom stereocenters. The van der Waals surface area contributed by atoms with Gasteiger partial charge in [0.25, 0.3) is 5.88 Å². The highest BCUT2D eigenvalue weighted by Gasteiger charge is 2.25. The van der Waals surface area contributed by atoms with Crippen LogP contribution in [0.1, 0.15) is 69.7 Å². The number of phenols is 1. The van der Waals surface area contributed by atoms with Gasteiger partial charge in [0.2, 0.25) is 0 Å². The molecule has 0 saturated heterocycles. The zero-order chi connectivity index (χ0) is 25.2. The molecule has 194 valence electrons. The van der Waals surface area contributed by atoms with Crippen LogP contribution in [0.5, 0.6) is 17.4 Å². The lowest BCUT2D eigenvalue weighted by atomic mass is 9.78. The van der Waals surface area contributed by atoms with E-state index in [1.807, 2.05) is 24.3 Å². The van der Waals surface area contributed by atoms with Gasteiger partial charge in [0.1, 0.15) is 17.3 Å². The molecule has 6 nitrogen and oxygen atoms in total. The lowest BCUT2D eigenvalue weighted by Crippen LogP contribution is -2.20. The number of aromatic hydroxyl groups is 1. The number of hydrogen-bond donors (Lipinski definition) is 2. The maximum Gasteiger partial charge on any atom is 0.258 e. The van der Waals surface area contributed by atoms with Crippen LogP contribution in [-0.2, 0) is 30.1 Å². The minimum Gasteiger partial charge on any atom is -0.507 e. The molecule has 0 fully saturated rings. The number of phenolic OH excluding ortho intramolecular Hbond substituents is 1. The van der Waals surface area contributed by atoms with Crippen molar-refractivity contribution in [1.29, 1.82) is 0 Å².